The van der Waals surface area contributed by atoms with E-state index in [0.29, 0.717) is 24.0 Å². The van der Waals surface area contributed by atoms with E-state index in [1.807, 2.05) is 0 Å². The van der Waals surface area contributed by atoms with Crippen molar-refractivity contribution in [1.29, 1.82) is 0 Å². The van der Waals surface area contributed by atoms with Gasteiger partial charge in [0.05, 0.1) is 37.6 Å². The molecule has 0 fully saturated rings. The van der Waals surface area contributed by atoms with Crippen molar-refractivity contribution >= 4 is 68.4 Å². The lowest BCUT2D eigenvalue weighted by atomic mass is 10.1. The van der Waals surface area contributed by atoms with Crippen molar-refractivity contribution in [2.24, 2.45) is 0 Å². The van der Waals surface area contributed by atoms with E-state index in [2.05, 4.69) is 10.6 Å². The second-order valence-corrected chi connectivity index (χ2v) is 10.7. The number of carbonyl (C=O) groups excluding carboxylic acids is 6. The first-order valence-corrected chi connectivity index (χ1v) is 15.2. The molecule has 0 spiro atoms. The van der Waals surface area contributed by atoms with Crippen LogP contribution in [0.1, 0.15) is 105 Å². The Morgan fingerprint density at radius 1 is 0.548 bits per heavy atom. The van der Waals surface area contributed by atoms with Crippen molar-refractivity contribution in [3.8, 4) is 0 Å². The Hall–Kier alpha value is -3.78. The van der Waals surface area contributed by atoms with Crippen molar-refractivity contribution in [2.75, 3.05) is 37.1 Å². The summed E-state index contributed by atoms with van der Waals surface area (Å²) < 4.78 is 20.3. The summed E-state index contributed by atoms with van der Waals surface area (Å²) in [5.41, 5.74) is 0.925. The predicted octanol–water partition coefficient (Wildman–Crippen LogP) is 5.27. The van der Waals surface area contributed by atoms with Crippen LogP contribution in [0.15, 0.2) is 0 Å². The normalized spacial score (nSPS) is 10.5. The third-order valence-electron chi connectivity index (χ3n) is 5.74. The first kappa shape index (κ1) is 34.4. The summed E-state index contributed by atoms with van der Waals surface area (Å²) in [5.74, 6) is -3.33. The molecule has 0 aliphatic carbocycles. The lowest BCUT2D eigenvalue weighted by molar-refractivity contribution is -0.118. The molecule has 0 aromatic carbocycles. The van der Waals surface area contributed by atoms with Crippen LogP contribution in [0.2, 0.25) is 0 Å². The molecule has 2 N–H and O–H groups in total. The van der Waals surface area contributed by atoms with Gasteiger partial charge in [-0.15, -0.1) is 22.7 Å². The maximum absolute atomic E-state index is 12.7. The molecule has 0 saturated heterocycles. The fourth-order valence-electron chi connectivity index (χ4n) is 3.83. The molecule has 0 atom stereocenters. The van der Waals surface area contributed by atoms with E-state index >= 15 is 0 Å². The minimum absolute atomic E-state index is 0.0421. The quantitative estimate of drug-likeness (QED) is 0.152. The maximum Gasteiger partial charge on any atom is 0.348 e. The Kier molecular flexibility index (Phi) is 13.6. The summed E-state index contributed by atoms with van der Waals surface area (Å²) >= 11 is 1.87. The second-order valence-electron chi connectivity index (χ2n) is 8.71. The summed E-state index contributed by atoms with van der Waals surface area (Å²) in [5, 5.41) is 5.73. The third kappa shape index (κ3) is 8.86. The summed E-state index contributed by atoms with van der Waals surface area (Å²) in [6, 6.07) is 0. The van der Waals surface area contributed by atoms with Gasteiger partial charge in [-0.3, -0.25) is 9.59 Å². The molecule has 12 nitrogen and oxygen atoms in total. The lowest BCUT2D eigenvalue weighted by Crippen LogP contribution is -2.16. The number of unbranched alkanes of at least 4 members (excludes halogenated alkanes) is 1. The van der Waals surface area contributed by atoms with E-state index in [4.69, 9.17) is 18.9 Å². The maximum atomic E-state index is 12.7. The first-order chi connectivity index (χ1) is 20.0. The molecule has 0 saturated carbocycles. The van der Waals surface area contributed by atoms with E-state index in [0.717, 1.165) is 22.7 Å². The molecule has 230 valence electrons. The van der Waals surface area contributed by atoms with Crippen molar-refractivity contribution in [2.45, 2.75) is 67.2 Å². The summed E-state index contributed by atoms with van der Waals surface area (Å²) in [4.78, 5) is 75.4. The molecule has 2 heterocycles. The fraction of sp³-hybridized carbons (Fsp3) is 0.500. The highest BCUT2D eigenvalue weighted by Gasteiger charge is 2.28. The van der Waals surface area contributed by atoms with Crippen LogP contribution >= 0.6 is 22.7 Å². The Labute approximate surface area is 252 Å². The van der Waals surface area contributed by atoms with Crippen LogP contribution in [0.25, 0.3) is 0 Å². The Morgan fingerprint density at radius 3 is 1.17 bits per heavy atom. The molecule has 0 radical (unpaired) electrons. The van der Waals surface area contributed by atoms with Crippen LogP contribution in [0, 0.1) is 13.8 Å². The number of nitrogens with one attached hydrogen (secondary N) is 2. The average molecular weight is 625 g/mol. The molecule has 0 aliphatic rings. The molecule has 2 aromatic heterocycles. The molecule has 2 aromatic rings. The van der Waals surface area contributed by atoms with Gasteiger partial charge in [-0.05, 0) is 65.5 Å². The minimum Gasteiger partial charge on any atom is -0.462 e. The van der Waals surface area contributed by atoms with Gasteiger partial charge in [-0.1, -0.05) is 0 Å². The van der Waals surface area contributed by atoms with Gasteiger partial charge in [0.15, 0.2) is 0 Å². The summed E-state index contributed by atoms with van der Waals surface area (Å²) in [6.07, 6.45) is 0.761. The van der Waals surface area contributed by atoms with E-state index in [9.17, 15) is 28.8 Å². The number of carbonyl (C=O) groups is 6. The Bertz CT molecular complexity index is 1230. The zero-order valence-corrected chi connectivity index (χ0v) is 26.2. The van der Waals surface area contributed by atoms with E-state index in [1.54, 1.807) is 41.5 Å². The number of esters is 4. The third-order valence-corrected chi connectivity index (χ3v) is 8.11. The van der Waals surface area contributed by atoms with Crippen molar-refractivity contribution in [3.05, 3.63) is 32.0 Å². The van der Waals surface area contributed by atoms with E-state index < -0.39 is 35.7 Å². The topological polar surface area (TPSA) is 163 Å². The Morgan fingerprint density at radius 2 is 0.857 bits per heavy atom. The second kappa shape index (κ2) is 16.6. The molecule has 2 amide bonds. The predicted molar refractivity (Wildman–Crippen MR) is 158 cm³/mol. The van der Waals surface area contributed by atoms with Gasteiger partial charge in [0.1, 0.15) is 19.8 Å². The highest BCUT2D eigenvalue weighted by molar-refractivity contribution is 7.19. The monoisotopic (exact) mass is 624 g/mol. The smallest absolute Gasteiger partial charge is 0.348 e. The van der Waals surface area contributed by atoms with Crippen LogP contribution in [0.5, 0.6) is 0 Å². The molecule has 42 heavy (non-hydrogen) atoms. The summed E-state index contributed by atoms with van der Waals surface area (Å²) in [7, 11) is 0. The van der Waals surface area contributed by atoms with Gasteiger partial charge in [0.25, 0.3) is 0 Å². The number of ether oxygens (including phenoxy) is 4. The van der Waals surface area contributed by atoms with Crippen molar-refractivity contribution < 1.29 is 47.7 Å². The van der Waals surface area contributed by atoms with Crippen LogP contribution < -0.4 is 10.6 Å². The minimum atomic E-state index is -0.661. The summed E-state index contributed by atoms with van der Waals surface area (Å²) in [6.45, 7) is 10.3. The highest BCUT2D eigenvalue weighted by Crippen LogP contribution is 2.36. The molecule has 0 unspecified atom stereocenters. The van der Waals surface area contributed by atoms with Crippen molar-refractivity contribution in [3.63, 3.8) is 0 Å². The molecular formula is C28H36N2O10S2. The van der Waals surface area contributed by atoms with Gasteiger partial charge in [-0.2, -0.15) is 0 Å². The first-order valence-electron chi connectivity index (χ1n) is 13.5. The van der Waals surface area contributed by atoms with Gasteiger partial charge in [0.2, 0.25) is 11.8 Å². The fourth-order valence-corrected chi connectivity index (χ4v) is 6.04. The number of thiophene rings is 2. The van der Waals surface area contributed by atoms with Gasteiger partial charge in [0, 0.05) is 12.8 Å². The molecular weight excluding hydrogens is 588 g/mol. The molecule has 0 bridgehead atoms. The van der Waals surface area contributed by atoms with Crippen LogP contribution in [0.4, 0.5) is 10.0 Å². The number of amides is 2. The molecule has 0 aliphatic heterocycles. The van der Waals surface area contributed by atoms with E-state index in [1.165, 1.54) is 0 Å². The van der Waals surface area contributed by atoms with Crippen LogP contribution in [-0.2, 0) is 28.5 Å². The zero-order chi connectivity index (χ0) is 31.4. The molecule has 2 rings (SSSR count). The number of anilines is 2. The van der Waals surface area contributed by atoms with Crippen LogP contribution in [-0.4, -0.2) is 62.1 Å². The SMILES string of the molecule is CCOC(=O)c1sc(NC(=O)CCCCC(=O)Nc2sc(C(=O)OCC)c(C)c2C(=O)OCC)c(C(=O)OCC)c1C. The standard InChI is InChI=1S/C28H36N2O10S2/c1-7-37-25(33)19-15(5)21(27(35)39-9-3)41-23(19)29-17(31)13-11-12-14-18(32)30-24-20(26(34)38-8-2)16(6)22(42-24)28(36)40-10-4/h7-14H2,1-6H3,(H,29,31)(H,30,32). The van der Waals surface area contributed by atoms with Gasteiger partial charge in [-0.25, -0.2) is 19.2 Å². The number of hydrogen-bond donors (Lipinski definition) is 2. The van der Waals surface area contributed by atoms with Crippen molar-refractivity contribution in [1.82, 2.24) is 0 Å². The van der Waals surface area contributed by atoms with Gasteiger partial charge >= 0.3 is 23.9 Å². The zero-order valence-electron chi connectivity index (χ0n) is 24.6. The van der Waals surface area contributed by atoms with Gasteiger partial charge < -0.3 is 29.6 Å². The largest absolute Gasteiger partial charge is 0.462 e. The number of rotatable bonds is 15. The molecule has 14 heteroatoms. The number of hydrogen-bond acceptors (Lipinski definition) is 12. The Balaban J connectivity index is 2.03. The average Bonchev–Trinajstić information content (AvgIpc) is 3.42. The van der Waals surface area contributed by atoms with Crippen LogP contribution in [0.3, 0.4) is 0 Å². The van der Waals surface area contributed by atoms with E-state index in [-0.39, 0.29) is 70.2 Å². The lowest BCUT2D eigenvalue weighted by Gasteiger charge is -2.08. The highest BCUT2D eigenvalue weighted by atomic mass is 32.1.